The van der Waals surface area contributed by atoms with Gasteiger partial charge in [0, 0.05) is 0 Å². The number of pyridine rings is 1. The Bertz CT molecular complexity index is 534. The maximum atomic E-state index is 12.2. The van der Waals surface area contributed by atoms with E-state index in [-0.39, 0.29) is 0 Å². The first-order chi connectivity index (χ1) is 8.65. The Balaban J connectivity index is 3.49. The first-order valence-electron chi connectivity index (χ1n) is 4.34. The third kappa shape index (κ3) is 3.68. The van der Waals surface area contributed by atoms with Gasteiger partial charge in [0.15, 0.2) is 5.75 Å². The fourth-order valence-corrected chi connectivity index (χ4v) is 1.22. The first kappa shape index (κ1) is 15.0. The summed E-state index contributed by atoms with van der Waals surface area (Å²) in [6, 6.07) is 0.574. The lowest BCUT2D eigenvalue weighted by Gasteiger charge is -2.12. The van der Waals surface area contributed by atoms with Crippen LogP contribution in [-0.2, 0) is 0 Å². The van der Waals surface area contributed by atoms with Gasteiger partial charge >= 0.3 is 17.4 Å². The van der Waals surface area contributed by atoms with Crippen molar-refractivity contribution in [2.45, 2.75) is 6.36 Å². The van der Waals surface area contributed by atoms with Crippen LogP contribution < -0.4 is 9.47 Å². The number of ether oxygens (including phenoxy) is 2. The molecule has 11 heteroatoms. The van der Waals surface area contributed by atoms with E-state index in [2.05, 4.69) is 14.5 Å². The SMILES string of the molecule is COc1cc([N+](=O)[O-])nc(C(=O)Cl)c1OC(F)(F)F. The van der Waals surface area contributed by atoms with E-state index in [1.165, 1.54) is 0 Å². The van der Waals surface area contributed by atoms with Gasteiger partial charge in [0.25, 0.3) is 5.69 Å². The number of carbonyl (C=O) groups excluding carboxylic acids is 1. The Hall–Kier alpha value is -2.10. The molecule has 0 aliphatic carbocycles. The molecular formula is C8H4ClF3N2O5. The lowest BCUT2D eigenvalue weighted by atomic mass is 10.3. The zero-order valence-corrected chi connectivity index (χ0v) is 9.78. The molecule has 0 aliphatic rings. The summed E-state index contributed by atoms with van der Waals surface area (Å²) in [6.07, 6.45) is -5.15. The van der Waals surface area contributed by atoms with Crippen molar-refractivity contribution in [1.29, 1.82) is 0 Å². The highest BCUT2D eigenvalue weighted by Gasteiger charge is 2.38. The Morgan fingerprint density at radius 1 is 1.53 bits per heavy atom. The average molecular weight is 301 g/mol. The molecule has 0 N–H and O–H groups in total. The molecule has 19 heavy (non-hydrogen) atoms. The molecule has 0 atom stereocenters. The fourth-order valence-electron chi connectivity index (χ4n) is 1.09. The van der Waals surface area contributed by atoms with Crippen molar-refractivity contribution in [3.63, 3.8) is 0 Å². The number of carbonyl (C=O) groups is 1. The van der Waals surface area contributed by atoms with Gasteiger partial charge in [0.1, 0.15) is 0 Å². The smallest absolute Gasteiger partial charge is 0.492 e. The zero-order chi connectivity index (χ0) is 14.8. The van der Waals surface area contributed by atoms with E-state index in [4.69, 9.17) is 11.6 Å². The minimum Gasteiger partial charge on any atom is -0.492 e. The van der Waals surface area contributed by atoms with Gasteiger partial charge in [-0.3, -0.25) is 4.79 Å². The van der Waals surface area contributed by atoms with E-state index in [1.54, 1.807) is 0 Å². The lowest BCUT2D eigenvalue weighted by molar-refractivity contribution is -0.389. The number of hydrogen-bond donors (Lipinski definition) is 0. The minimum atomic E-state index is -5.15. The normalized spacial score (nSPS) is 11.0. The number of nitro groups is 1. The summed E-state index contributed by atoms with van der Waals surface area (Å²) < 4.78 is 44.5. The third-order valence-corrected chi connectivity index (χ3v) is 1.92. The van der Waals surface area contributed by atoms with Gasteiger partial charge in [0.05, 0.1) is 13.2 Å². The summed E-state index contributed by atoms with van der Waals surface area (Å²) in [5, 5.41) is 9.05. The van der Waals surface area contributed by atoms with Crippen LogP contribution in [0, 0.1) is 10.1 Å². The Kier molecular flexibility index (Phi) is 4.14. The monoisotopic (exact) mass is 300 g/mol. The van der Waals surface area contributed by atoms with Gasteiger partial charge in [-0.25, -0.2) is 0 Å². The topological polar surface area (TPSA) is 91.6 Å². The highest BCUT2D eigenvalue weighted by atomic mass is 35.5. The second-order valence-electron chi connectivity index (χ2n) is 2.94. The zero-order valence-electron chi connectivity index (χ0n) is 9.02. The van der Waals surface area contributed by atoms with Crippen LogP contribution in [0.1, 0.15) is 10.5 Å². The molecule has 0 fully saturated rings. The van der Waals surface area contributed by atoms with Crippen molar-refractivity contribution in [3.8, 4) is 11.5 Å². The molecule has 0 saturated carbocycles. The molecule has 0 radical (unpaired) electrons. The Morgan fingerprint density at radius 3 is 2.47 bits per heavy atom. The maximum absolute atomic E-state index is 12.2. The van der Waals surface area contributed by atoms with E-state index in [0.717, 1.165) is 7.11 Å². The number of nitrogens with zero attached hydrogens (tertiary/aromatic N) is 2. The van der Waals surface area contributed by atoms with Crippen LogP contribution in [0.2, 0.25) is 0 Å². The molecule has 0 saturated heterocycles. The Labute approximate surface area is 108 Å². The largest absolute Gasteiger partial charge is 0.573 e. The first-order valence-corrected chi connectivity index (χ1v) is 4.72. The average Bonchev–Trinajstić information content (AvgIpc) is 2.26. The molecule has 0 bridgehead atoms. The third-order valence-electron chi connectivity index (χ3n) is 1.74. The summed E-state index contributed by atoms with van der Waals surface area (Å²) in [4.78, 5) is 23.5. The van der Waals surface area contributed by atoms with Crippen molar-refractivity contribution >= 4 is 22.7 Å². The lowest BCUT2D eigenvalue weighted by Crippen LogP contribution is -2.20. The van der Waals surface area contributed by atoms with Crippen LogP contribution in [0.25, 0.3) is 0 Å². The van der Waals surface area contributed by atoms with Crippen LogP contribution in [0.5, 0.6) is 11.5 Å². The summed E-state index contributed by atoms with van der Waals surface area (Å²) in [6.45, 7) is 0. The van der Waals surface area contributed by atoms with Gasteiger partial charge in [-0.2, -0.15) is 0 Å². The van der Waals surface area contributed by atoms with E-state index in [0.29, 0.717) is 6.07 Å². The van der Waals surface area contributed by atoms with Crippen LogP contribution in [0.4, 0.5) is 19.0 Å². The van der Waals surface area contributed by atoms with Gasteiger partial charge in [0.2, 0.25) is 5.75 Å². The molecule has 0 unspecified atom stereocenters. The molecule has 0 aromatic carbocycles. The highest BCUT2D eigenvalue weighted by molar-refractivity contribution is 6.67. The van der Waals surface area contributed by atoms with Gasteiger partial charge in [-0.1, -0.05) is 0 Å². The van der Waals surface area contributed by atoms with E-state index in [1.807, 2.05) is 0 Å². The number of hydrogen-bond acceptors (Lipinski definition) is 6. The molecule has 1 aromatic heterocycles. The summed E-state index contributed by atoms with van der Waals surface area (Å²) in [5.74, 6) is -2.74. The van der Waals surface area contributed by atoms with Crippen LogP contribution in [0.15, 0.2) is 6.07 Å². The molecule has 1 aromatic rings. The fraction of sp³-hybridized carbons (Fsp3) is 0.250. The van der Waals surface area contributed by atoms with E-state index in [9.17, 15) is 28.1 Å². The summed E-state index contributed by atoms with van der Waals surface area (Å²) in [5.41, 5.74) is -1.06. The summed E-state index contributed by atoms with van der Waals surface area (Å²) >= 11 is 5.02. The van der Waals surface area contributed by atoms with E-state index < -0.39 is 39.5 Å². The van der Waals surface area contributed by atoms with Crippen molar-refractivity contribution in [1.82, 2.24) is 4.98 Å². The van der Waals surface area contributed by atoms with Crippen molar-refractivity contribution in [2.24, 2.45) is 0 Å². The second kappa shape index (κ2) is 5.26. The standard InChI is InChI=1S/C8H4ClF3N2O5/c1-18-3-2-4(14(16)17)13-5(7(9)15)6(3)19-8(10,11)12/h2H,1H3. The van der Waals surface area contributed by atoms with Crippen molar-refractivity contribution in [2.75, 3.05) is 7.11 Å². The molecule has 0 aliphatic heterocycles. The predicted molar refractivity (Wildman–Crippen MR) is 54.3 cm³/mol. The number of halogens is 4. The molecule has 1 heterocycles. The molecule has 0 spiro atoms. The highest BCUT2D eigenvalue weighted by Crippen LogP contribution is 2.37. The van der Waals surface area contributed by atoms with Crippen LogP contribution in [0.3, 0.4) is 0 Å². The second-order valence-corrected chi connectivity index (χ2v) is 3.28. The number of methoxy groups -OCH3 is 1. The quantitative estimate of drug-likeness (QED) is 0.481. The molecule has 104 valence electrons. The molecule has 0 amide bonds. The molecule has 7 nitrogen and oxygen atoms in total. The maximum Gasteiger partial charge on any atom is 0.573 e. The number of aromatic nitrogens is 1. The van der Waals surface area contributed by atoms with Crippen LogP contribution >= 0.6 is 11.6 Å². The summed E-state index contributed by atoms with van der Waals surface area (Å²) in [7, 11) is 0.935. The number of rotatable bonds is 4. The van der Waals surface area contributed by atoms with Crippen LogP contribution in [-0.4, -0.2) is 28.6 Å². The predicted octanol–water partition coefficient (Wildman–Crippen LogP) is 2.28. The minimum absolute atomic E-state index is 0.574. The van der Waals surface area contributed by atoms with Crippen molar-refractivity contribution in [3.05, 3.63) is 21.9 Å². The van der Waals surface area contributed by atoms with Gasteiger partial charge < -0.3 is 19.6 Å². The molecular weight excluding hydrogens is 297 g/mol. The molecule has 1 rings (SSSR count). The van der Waals surface area contributed by atoms with Gasteiger partial charge in [-0.15, -0.1) is 13.2 Å². The Morgan fingerprint density at radius 2 is 2.11 bits per heavy atom. The van der Waals surface area contributed by atoms with Crippen molar-refractivity contribution < 1.29 is 32.4 Å². The number of alkyl halides is 3. The van der Waals surface area contributed by atoms with Gasteiger partial charge in [-0.05, 0) is 21.5 Å². The van der Waals surface area contributed by atoms with E-state index >= 15 is 0 Å².